The summed E-state index contributed by atoms with van der Waals surface area (Å²) in [4.78, 5) is 12.6. The molecule has 3 nitrogen and oxygen atoms in total. The minimum absolute atomic E-state index is 0.0927. The maximum atomic E-state index is 12.6. The number of carbonyl (C=O) groups is 1. The van der Waals surface area contributed by atoms with Crippen molar-refractivity contribution in [1.82, 2.24) is 0 Å². The predicted octanol–water partition coefficient (Wildman–Crippen LogP) is 2.68. The van der Waals surface area contributed by atoms with Gasteiger partial charge in [-0.05, 0) is 49.8 Å². The van der Waals surface area contributed by atoms with Gasteiger partial charge in [-0.3, -0.25) is 4.79 Å². The zero-order valence-electron chi connectivity index (χ0n) is 14.0. The van der Waals surface area contributed by atoms with Crippen molar-refractivity contribution in [2.45, 2.75) is 39.7 Å². The molecule has 2 aromatic rings. The molecule has 1 aliphatic rings. The highest BCUT2D eigenvalue weighted by Crippen LogP contribution is 2.30. The third-order valence-electron chi connectivity index (χ3n) is 4.48. The largest absolute Gasteiger partial charge is 0.492 e. The van der Waals surface area contributed by atoms with Gasteiger partial charge in [0.15, 0.2) is 5.78 Å². The Kier molecular flexibility index (Phi) is 3.90. The topological polar surface area (TPSA) is 46.5 Å². The van der Waals surface area contributed by atoms with Crippen LogP contribution in [0.5, 0.6) is 0 Å². The molecule has 4 heteroatoms. The Balaban J connectivity index is 1.87. The minimum atomic E-state index is -0.920. The van der Waals surface area contributed by atoms with E-state index >= 15 is 0 Å². The number of fused-ring (bicyclic) bond motifs is 1. The zero-order valence-corrected chi connectivity index (χ0v) is 14.0. The second-order valence-electron chi connectivity index (χ2n) is 6.82. The van der Waals surface area contributed by atoms with Gasteiger partial charge in [-0.15, -0.1) is 0 Å². The number of hydrogen-bond acceptors (Lipinski definition) is 3. The molecule has 0 unspecified atom stereocenters. The van der Waals surface area contributed by atoms with Crippen molar-refractivity contribution in [2.75, 3.05) is 0 Å². The number of rotatable bonds is 3. The van der Waals surface area contributed by atoms with E-state index in [1.165, 1.54) is 0 Å². The molecule has 1 aliphatic heterocycles. The van der Waals surface area contributed by atoms with Crippen LogP contribution in [-0.4, -0.2) is 17.9 Å². The predicted molar refractivity (Wildman–Crippen MR) is 92.1 cm³/mol. The van der Waals surface area contributed by atoms with E-state index in [1.54, 1.807) is 0 Å². The molecule has 0 aliphatic carbocycles. The lowest BCUT2D eigenvalue weighted by molar-refractivity contribution is 0.0990. The number of benzene rings is 2. The molecule has 0 saturated heterocycles. The molecule has 0 bridgehead atoms. The van der Waals surface area contributed by atoms with Crippen LogP contribution >= 0.6 is 0 Å². The summed E-state index contributed by atoms with van der Waals surface area (Å²) in [5.41, 5.74) is 5.06. The Morgan fingerprint density at radius 3 is 2.61 bits per heavy atom. The summed E-state index contributed by atoms with van der Waals surface area (Å²) in [7, 11) is -0.920. The smallest absolute Gasteiger partial charge is 0.423 e. The van der Waals surface area contributed by atoms with E-state index in [-0.39, 0.29) is 5.78 Å². The maximum Gasteiger partial charge on any atom is 0.492 e. The van der Waals surface area contributed by atoms with Crippen LogP contribution in [0.25, 0.3) is 0 Å². The van der Waals surface area contributed by atoms with Crippen molar-refractivity contribution < 1.29 is 14.5 Å². The third kappa shape index (κ3) is 2.97. The van der Waals surface area contributed by atoms with E-state index in [4.69, 9.17) is 4.65 Å². The highest BCUT2D eigenvalue weighted by atomic mass is 16.5. The van der Waals surface area contributed by atoms with Crippen LogP contribution in [0.3, 0.4) is 0 Å². The SMILES string of the molecule is Cc1ccc(C(=O)Cc2ccc3c(c2)B(O)OC3(C)C)c(C)c1. The first kappa shape index (κ1) is 16.0. The van der Waals surface area contributed by atoms with Gasteiger partial charge in [0.25, 0.3) is 0 Å². The second-order valence-corrected chi connectivity index (χ2v) is 6.82. The van der Waals surface area contributed by atoms with Gasteiger partial charge in [-0.25, -0.2) is 0 Å². The monoisotopic (exact) mass is 308 g/mol. The van der Waals surface area contributed by atoms with Crippen LogP contribution in [0.15, 0.2) is 36.4 Å². The molecule has 0 atom stereocenters. The third-order valence-corrected chi connectivity index (χ3v) is 4.48. The van der Waals surface area contributed by atoms with Crippen LogP contribution in [0.1, 0.15) is 46.5 Å². The van der Waals surface area contributed by atoms with E-state index in [0.717, 1.165) is 33.3 Å². The van der Waals surface area contributed by atoms with Gasteiger partial charge in [0.2, 0.25) is 0 Å². The fraction of sp³-hybridized carbons (Fsp3) is 0.316. The summed E-state index contributed by atoms with van der Waals surface area (Å²) < 4.78 is 5.57. The number of ketones is 1. The minimum Gasteiger partial charge on any atom is -0.423 e. The van der Waals surface area contributed by atoms with E-state index < -0.39 is 12.7 Å². The molecule has 0 spiro atoms. The molecule has 3 rings (SSSR count). The first-order valence-corrected chi connectivity index (χ1v) is 7.87. The number of aryl methyl sites for hydroxylation is 2. The first-order chi connectivity index (χ1) is 10.8. The second kappa shape index (κ2) is 5.62. The van der Waals surface area contributed by atoms with E-state index in [0.29, 0.717) is 6.42 Å². The molecular formula is C19H21BO3. The van der Waals surface area contributed by atoms with Gasteiger partial charge < -0.3 is 9.68 Å². The van der Waals surface area contributed by atoms with Crippen LogP contribution in [-0.2, 0) is 16.7 Å². The van der Waals surface area contributed by atoms with Crippen LogP contribution < -0.4 is 5.46 Å². The summed E-state index contributed by atoms with van der Waals surface area (Å²) in [6, 6.07) is 11.7. The summed E-state index contributed by atoms with van der Waals surface area (Å²) in [6.45, 7) is 7.85. The average Bonchev–Trinajstić information content (AvgIpc) is 2.68. The van der Waals surface area contributed by atoms with E-state index in [9.17, 15) is 9.82 Å². The lowest BCUT2D eigenvalue weighted by atomic mass is 9.77. The number of Topliss-reactive ketones (excluding diaryl/α,β-unsaturated/α-hetero) is 1. The van der Waals surface area contributed by atoms with Crippen LogP contribution in [0.4, 0.5) is 0 Å². The van der Waals surface area contributed by atoms with Gasteiger partial charge in [0.1, 0.15) is 0 Å². The Hall–Kier alpha value is -1.91. The lowest BCUT2D eigenvalue weighted by Gasteiger charge is -2.19. The molecule has 1 heterocycles. The van der Waals surface area contributed by atoms with Gasteiger partial charge in [-0.2, -0.15) is 0 Å². The van der Waals surface area contributed by atoms with Crippen molar-refractivity contribution in [3.8, 4) is 0 Å². The fourth-order valence-corrected chi connectivity index (χ4v) is 3.29. The van der Waals surface area contributed by atoms with Gasteiger partial charge in [0, 0.05) is 12.0 Å². The van der Waals surface area contributed by atoms with Crippen molar-refractivity contribution in [3.05, 3.63) is 64.2 Å². The van der Waals surface area contributed by atoms with Crippen molar-refractivity contribution >= 4 is 18.4 Å². The molecule has 0 aromatic heterocycles. The molecule has 0 amide bonds. The Labute approximate surface area is 137 Å². The maximum absolute atomic E-state index is 12.6. The van der Waals surface area contributed by atoms with Crippen molar-refractivity contribution in [1.29, 1.82) is 0 Å². The summed E-state index contributed by atoms with van der Waals surface area (Å²) >= 11 is 0. The van der Waals surface area contributed by atoms with Crippen molar-refractivity contribution in [2.24, 2.45) is 0 Å². The molecular weight excluding hydrogens is 287 g/mol. The lowest BCUT2D eigenvalue weighted by Crippen LogP contribution is -2.29. The Morgan fingerprint density at radius 2 is 1.91 bits per heavy atom. The van der Waals surface area contributed by atoms with Crippen LogP contribution in [0, 0.1) is 13.8 Å². The van der Waals surface area contributed by atoms with Crippen molar-refractivity contribution in [3.63, 3.8) is 0 Å². The normalized spacial score (nSPS) is 15.6. The summed E-state index contributed by atoms with van der Waals surface area (Å²) in [6.07, 6.45) is 0.324. The summed E-state index contributed by atoms with van der Waals surface area (Å²) in [5, 5.41) is 10.1. The fourth-order valence-electron chi connectivity index (χ4n) is 3.29. The molecule has 0 saturated carbocycles. The molecule has 2 aromatic carbocycles. The highest BCUT2D eigenvalue weighted by Gasteiger charge is 2.40. The van der Waals surface area contributed by atoms with Gasteiger partial charge in [-0.1, -0.05) is 42.0 Å². The Morgan fingerprint density at radius 1 is 1.17 bits per heavy atom. The van der Waals surface area contributed by atoms with Gasteiger partial charge in [0.05, 0.1) is 5.60 Å². The molecule has 23 heavy (non-hydrogen) atoms. The van der Waals surface area contributed by atoms with E-state index in [2.05, 4.69) is 0 Å². The molecule has 118 valence electrons. The quantitative estimate of drug-likeness (QED) is 0.700. The van der Waals surface area contributed by atoms with E-state index in [1.807, 2.05) is 64.1 Å². The average molecular weight is 308 g/mol. The molecule has 0 radical (unpaired) electrons. The Bertz CT molecular complexity index is 780. The first-order valence-electron chi connectivity index (χ1n) is 7.87. The number of carbonyl (C=O) groups excluding carboxylic acids is 1. The zero-order chi connectivity index (χ0) is 16.8. The summed E-state index contributed by atoms with van der Waals surface area (Å²) in [5.74, 6) is 0.0927. The standard InChI is InChI=1S/C19H21BO3/c1-12-5-7-15(13(2)9-12)18(21)11-14-6-8-16-17(10-14)20(22)23-19(16,3)4/h5-10,22H,11H2,1-4H3. The van der Waals surface area contributed by atoms with Gasteiger partial charge >= 0.3 is 7.12 Å². The highest BCUT2D eigenvalue weighted by molar-refractivity contribution is 6.62. The molecule has 1 N–H and O–H groups in total. The number of hydrogen-bond donors (Lipinski definition) is 1. The molecule has 0 fully saturated rings. The van der Waals surface area contributed by atoms with Crippen LogP contribution in [0.2, 0.25) is 0 Å².